The van der Waals surface area contributed by atoms with Crippen LogP contribution in [0.3, 0.4) is 0 Å². The minimum Gasteiger partial charge on any atom is -0.0622 e. The molecule has 0 aliphatic heterocycles. The minimum absolute atomic E-state index is 1.03. The van der Waals surface area contributed by atoms with Gasteiger partial charge in [-0.25, -0.2) is 0 Å². The van der Waals surface area contributed by atoms with E-state index in [-0.39, 0.29) is 0 Å². The van der Waals surface area contributed by atoms with E-state index in [1.54, 1.807) is 19.3 Å². The van der Waals surface area contributed by atoms with E-state index < -0.39 is 0 Å². The Kier molecular flexibility index (Phi) is 3.89. The summed E-state index contributed by atoms with van der Waals surface area (Å²) < 4.78 is 0. The van der Waals surface area contributed by atoms with Crippen LogP contribution in [-0.2, 0) is 0 Å². The van der Waals surface area contributed by atoms with Gasteiger partial charge in [-0.05, 0) is 30.6 Å². The monoisotopic (exact) mass is 194 g/mol. The van der Waals surface area contributed by atoms with Gasteiger partial charge >= 0.3 is 0 Å². The summed E-state index contributed by atoms with van der Waals surface area (Å²) in [6.07, 6.45) is 15.3. The highest BCUT2D eigenvalue weighted by atomic mass is 14.3. The lowest BCUT2D eigenvalue weighted by Crippen LogP contribution is -2.22. The average Bonchev–Trinajstić information content (AvgIpc) is 2.25. The van der Waals surface area contributed by atoms with E-state index in [9.17, 15) is 0 Å². The summed E-state index contributed by atoms with van der Waals surface area (Å²) in [5.74, 6) is 3.22. The van der Waals surface area contributed by atoms with Crippen LogP contribution < -0.4 is 0 Å². The Bertz CT molecular complexity index is 157. The van der Waals surface area contributed by atoms with E-state index in [0.717, 1.165) is 17.8 Å². The summed E-state index contributed by atoms with van der Waals surface area (Å²) in [6.45, 7) is 2.51. The SMILES string of the molecule is C[C@@H]1CC2CCCCCCCC1CC2. The highest BCUT2D eigenvalue weighted by Gasteiger charge is 2.26. The zero-order valence-electron chi connectivity index (χ0n) is 9.80. The largest absolute Gasteiger partial charge is 0.0622 e. The van der Waals surface area contributed by atoms with Crippen LogP contribution >= 0.6 is 0 Å². The first-order valence-electron chi connectivity index (χ1n) is 6.86. The van der Waals surface area contributed by atoms with Gasteiger partial charge in [-0.3, -0.25) is 0 Å². The highest BCUT2D eigenvalue weighted by Crippen LogP contribution is 2.39. The van der Waals surface area contributed by atoms with Gasteiger partial charge in [-0.2, -0.15) is 0 Å². The van der Waals surface area contributed by atoms with E-state index in [4.69, 9.17) is 0 Å². The maximum Gasteiger partial charge on any atom is -0.0388 e. The van der Waals surface area contributed by atoms with Crippen molar-refractivity contribution in [3.63, 3.8) is 0 Å². The molecule has 14 heavy (non-hydrogen) atoms. The Labute approximate surface area is 89.5 Å². The van der Waals surface area contributed by atoms with Gasteiger partial charge in [0.2, 0.25) is 0 Å². The summed E-state index contributed by atoms with van der Waals surface area (Å²) in [5, 5.41) is 0. The number of hydrogen-bond acceptors (Lipinski definition) is 0. The molecule has 0 amide bonds. The van der Waals surface area contributed by atoms with Crippen LogP contribution in [0.4, 0.5) is 0 Å². The molecule has 3 fully saturated rings. The number of fused-ring (bicyclic) bond motifs is 8. The average molecular weight is 194 g/mol. The van der Waals surface area contributed by atoms with Crippen LogP contribution in [0.5, 0.6) is 0 Å². The third-order valence-electron chi connectivity index (χ3n) is 4.64. The van der Waals surface area contributed by atoms with Gasteiger partial charge in [0.15, 0.2) is 0 Å². The van der Waals surface area contributed by atoms with E-state index in [0.29, 0.717) is 0 Å². The summed E-state index contributed by atoms with van der Waals surface area (Å²) in [6, 6.07) is 0. The lowest BCUT2D eigenvalue weighted by Gasteiger charge is -2.34. The third kappa shape index (κ3) is 2.74. The van der Waals surface area contributed by atoms with Crippen molar-refractivity contribution in [2.24, 2.45) is 17.8 Å². The van der Waals surface area contributed by atoms with Crippen molar-refractivity contribution in [3.05, 3.63) is 0 Å². The Balaban J connectivity index is 1.91. The highest BCUT2D eigenvalue weighted by molar-refractivity contribution is 4.78. The van der Waals surface area contributed by atoms with Crippen LogP contribution in [0.2, 0.25) is 0 Å². The minimum atomic E-state index is 1.03. The van der Waals surface area contributed by atoms with Gasteiger partial charge in [0.05, 0.1) is 0 Å². The van der Waals surface area contributed by atoms with E-state index in [1.165, 1.54) is 44.9 Å². The smallest absolute Gasteiger partial charge is 0.0388 e. The van der Waals surface area contributed by atoms with Gasteiger partial charge in [0.25, 0.3) is 0 Å². The molecule has 0 aromatic carbocycles. The molecule has 0 aromatic rings. The van der Waals surface area contributed by atoms with Gasteiger partial charge in [-0.1, -0.05) is 58.3 Å². The number of hydrogen-bond donors (Lipinski definition) is 0. The first kappa shape index (κ1) is 10.5. The van der Waals surface area contributed by atoms with Crippen molar-refractivity contribution in [2.75, 3.05) is 0 Å². The molecule has 3 aliphatic rings. The predicted octanol–water partition coefficient (Wildman–Crippen LogP) is 4.78. The topological polar surface area (TPSA) is 0 Å². The van der Waals surface area contributed by atoms with E-state index in [1.807, 2.05) is 0 Å². The van der Waals surface area contributed by atoms with Gasteiger partial charge in [0.1, 0.15) is 0 Å². The molecule has 0 nitrogen and oxygen atoms in total. The van der Waals surface area contributed by atoms with Gasteiger partial charge in [0, 0.05) is 0 Å². The molecule has 0 aromatic heterocycles. The molecule has 0 radical (unpaired) electrons. The van der Waals surface area contributed by atoms with Crippen molar-refractivity contribution >= 4 is 0 Å². The maximum atomic E-state index is 2.51. The van der Waals surface area contributed by atoms with Crippen LogP contribution in [0, 0.1) is 17.8 Å². The molecule has 0 heteroatoms. The van der Waals surface area contributed by atoms with Gasteiger partial charge in [-0.15, -0.1) is 0 Å². The number of rotatable bonds is 0. The molecule has 0 saturated heterocycles. The molecular weight excluding hydrogens is 168 g/mol. The second-order valence-electron chi connectivity index (χ2n) is 5.76. The third-order valence-corrected chi connectivity index (χ3v) is 4.64. The van der Waals surface area contributed by atoms with E-state index >= 15 is 0 Å². The first-order chi connectivity index (χ1) is 6.86. The Morgan fingerprint density at radius 1 is 0.714 bits per heavy atom. The molecule has 82 valence electrons. The molecule has 0 N–H and O–H groups in total. The van der Waals surface area contributed by atoms with Crippen molar-refractivity contribution in [3.8, 4) is 0 Å². The molecule has 3 atom stereocenters. The lowest BCUT2D eigenvalue weighted by molar-refractivity contribution is 0.176. The first-order valence-corrected chi connectivity index (χ1v) is 6.86. The summed E-state index contributed by atoms with van der Waals surface area (Å²) in [5.41, 5.74) is 0. The summed E-state index contributed by atoms with van der Waals surface area (Å²) in [4.78, 5) is 0. The molecule has 3 aliphatic carbocycles. The Morgan fingerprint density at radius 2 is 1.43 bits per heavy atom. The molecular formula is C14H26. The predicted molar refractivity (Wildman–Crippen MR) is 62.3 cm³/mol. The molecule has 0 spiro atoms. The lowest BCUT2D eigenvalue weighted by atomic mass is 9.72. The molecule has 3 rings (SSSR count). The summed E-state index contributed by atoms with van der Waals surface area (Å²) in [7, 11) is 0. The fourth-order valence-electron chi connectivity index (χ4n) is 3.63. The zero-order valence-corrected chi connectivity index (χ0v) is 9.80. The molecule has 2 unspecified atom stereocenters. The van der Waals surface area contributed by atoms with Crippen LogP contribution in [0.1, 0.15) is 71.1 Å². The summed E-state index contributed by atoms with van der Waals surface area (Å²) >= 11 is 0. The fraction of sp³-hybridized carbons (Fsp3) is 1.00. The quantitative estimate of drug-likeness (QED) is 0.520. The second-order valence-corrected chi connectivity index (χ2v) is 5.76. The van der Waals surface area contributed by atoms with Crippen LogP contribution in [-0.4, -0.2) is 0 Å². The maximum absolute atomic E-state index is 2.51. The van der Waals surface area contributed by atoms with Crippen LogP contribution in [0.25, 0.3) is 0 Å². The molecule has 3 saturated carbocycles. The van der Waals surface area contributed by atoms with Gasteiger partial charge < -0.3 is 0 Å². The standard InChI is InChI=1S/C14H26/c1-12-11-13-7-5-3-2-4-6-8-14(12)10-9-13/h12-14H,2-11H2,1H3/t12-,13?,14?/m1/s1. The molecule has 0 heterocycles. The zero-order chi connectivity index (χ0) is 9.80. The van der Waals surface area contributed by atoms with Crippen molar-refractivity contribution in [1.82, 2.24) is 0 Å². The van der Waals surface area contributed by atoms with E-state index in [2.05, 4.69) is 6.92 Å². The van der Waals surface area contributed by atoms with Crippen molar-refractivity contribution in [1.29, 1.82) is 0 Å². The van der Waals surface area contributed by atoms with Crippen molar-refractivity contribution in [2.45, 2.75) is 71.1 Å². The molecule has 2 bridgehead atoms. The second kappa shape index (κ2) is 5.19. The van der Waals surface area contributed by atoms with Crippen LogP contribution in [0.15, 0.2) is 0 Å². The Hall–Kier alpha value is 0. The Morgan fingerprint density at radius 3 is 2.21 bits per heavy atom. The fourth-order valence-corrected chi connectivity index (χ4v) is 3.63. The normalized spacial score (nSPS) is 40.5. The van der Waals surface area contributed by atoms with Crippen molar-refractivity contribution < 1.29 is 0 Å².